The van der Waals surface area contributed by atoms with Crippen LogP contribution >= 0.6 is 38.6 Å². The number of thiazole rings is 1. The number of Topliss-reactive ketones (excluding diaryl/α,β-unsaturated/α-hetero) is 1. The van der Waals surface area contributed by atoms with Crippen molar-refractivity contribution in [3.8, 4) is 0 Å². The number of benzene rings is 1. The van der Waals surface area contributed by atoms with Crippen LogP contribution in [0.1, 0.15) is 27.5 Å². The molecule has 7 heteroatoms. The first-order valence-corrected chi connectivity index (χ1v) is 9.83. The number of nitrogens with zero attached hydrogens (tertiary/aromatic N) is 1. The van der Waals surface area contributed by atoms with Gasteiger partial charge in [0.25, 0.3) is 0 Å². The standard InChI is InChI=1S/C17H14BrNO3S2/c18-15-9-8-14(23-15)12(20)10-22-17(21)7-3-6-16-19-11-4-1-2-5-13(11)24-16/h1-2,4-5,8-9H,3,6-7,10H2. The SMILES string of the molecule is O=C(CCCc1nc2ccccc2s1)OCC(=O)c1ccc(Br)s1. The van der Waals surface area contributed by atoms with Gasteiger partial charge in [-0.3, -0.25) is 9.59 Å². The minimum absolute atomic E-state index is 0.176. The molecule has 0 radical (unpaired) electrons. The molecule has 0 spiro atoms. The molecule has 0 aliphatic carbocycles. The van der Waals surface area contributed by atoms with Gasteiger partial charge in [0, 0.05) is 6.42 Å². The van der Waals surface area contributed by atoms with E-state index in [0.29, 0.717) is 11.3 Å². The minimum Gasteiger partial charge on any atom is -0.457 e. The normalized spacial score (nSPS) is 10.9. The summed E-state index contributed by atoms with van der Waals surface area (Å²) in [7, 11) is 0. The Kier molecular flexibility index (Phi) is 5.76. The summed E-state index contributed by atoms with van der Waals surface area (Å²) in [5.74, 6) is -0.523. The Morgan fingerprint density at radius 2 is 1.96 bits per heavy atom. The predicted octanol–water partition coefficient (Wildman–Crippen LogP) is 4.87. The molecular weight excluding hydrogens is 410 g/mol. The molecule has 0 saturated heterocycles. The molecule has 0 fully saturated rings. The average Bonchev–Trinajstić information content (AvgIpc) is 3.18. The van der Waals surface area contributed by atoms with Crippen LogP contribution in [0, 0.1) is 0 Å². The number of hydrogen-bond donors (Lipinski definition) is 0. The lowest BCUT2D eigenvalue weighted by Gasteiger charge is -2.02. The number of thiophene rings is 1. The molecule has 0 bridgehead atoms. The van der Waals surface area contributed by atoms with Gasteiger partial charge in [0.2, 0.25) is 5.78 Å². The van der Waals surface area contributed by atoms with Crippen molar-refractivity contribution < 1.29 is 14.3 Å². The number of rotatable bonds is 7. The second kappa shape index (κ2) is 8.00. The van der Waals surface area contributed by atoms with E-state index >= 15 is 0 Å². The van der Waals surface area contributed by atoms with Crippen molar-refractivity contribution in [2.45, 2.75) is 19.3 Å². The minimum atomic E-state index is -0.347. The van der Waals surface area contributed by atoms with Crippen molar-refractivity contribution in [1.29, 1.82) is 0 Å². The molecule has 124 valence electrons. The van der Waals surface area contributed by atoms with Gasteiger partial charge in [-0.05, 0) is 53.0 Å². The summed E-state index contributed by atoms with van der Waals surface area (Å²) < 4.78 is 7.09. The molecular formula is C17H14BrNO3S2. The third-order valence-corrected chi connectivity index (χ3v) is 6.08. The molecule has 3 aromatic rings. The topological polar surface area (TPSA) is 56.3 Å². The van der Waals surface area contributed by atoms with Gasteiger partial charge in [0.1, 0.15) is 0 Å². The van der Waals surface area contributed by atoms with E-state index in [0.717, 1.165) is 25.4 Å². The van der Waals surface area contributed by atoms with Crippen LogP contribution in [0.3, 0.4) is 0 Å². The molecule has 2 heterocycles. The first-order chi connectivity index (χ1) is 11.6. The number of fused-ring (bicyclic) bond motifs is 1. The molecule has 0 N–H and O–H groups in total. The quantitative estimate of drug-likeness (QED) is 0.401. The summed E-state index contributed by atoms with van der Waals surface area (Å²) >= 11 is 6.28. The molecule has 1 aromatic carbocycles. The molecule has 3 rings (SSSR count). The van der Waals surface area contributed by atoms with Gasteiger partial charge in [-0.25, -0.2) is 4.98 Å². The highest BCUT2D eigenvalue weighted by molar-refractivity contribution is 9.11. The second-order valence-corrected chi connectivity index (χ2v) is 8.69. The Labute approximate surface area is 155 Å². The van der Waals surface area contributed by atoms with E-state index < -0.39 is 0 Å². The zero-order valence-corrected chi connectivity index (χ0v) is 15.9. The monoisotopic (exact) mass is 423 g/mol. The van der Waals surface area contributed by atoms with Crippen molar-refractivity contribution in [3.05, 3.63) is 50.1 Å². The average molecular weight is 424 g/mol. The van der Waals surface area contributed by atoms with E-state index in [9.17, 15) is 9.59 Å². The maximum Gasteiger partial charge on any atom is 0.306 e. The number of ketones is 1. The van der Waals surface area contributed by atoms with E-state index in [2.05, 4.69) is 20.9 Å². The van der Waals surface area contributed by atoms with Crippen LogP contribution in [-0.2, 0) is 16.0 Å². The first-order valence-electron chi connectivity index (χ1n) is 7.40. The summed E-state index contributed by atoms with van der Waals surface area (Å²) in [6.07, 6.45) is 1.69. The van der Waals surface area contributed by atoms with Gasteiger partial charge in [0.05, 0.1) is 23.9 Å². The van der Waals surface area contributed by atoms with Crippen LogP contribution in [-0.4, -0.2) is 23.3 Å². The third-order valence-electron chi connectivity index (χ3n) is 3.32. The van der Waals surface area contributed by atoms with Crippen molar-refractivity contribution in [2.75, 3.05) is 6.61 Å². The molecule has 0 atom stereocenters. The van der Waals surface area contributed by atoms with Crippen molar-refractivity contribution in [2.24, 2.45) is 0 Å². The van der Waals surface area contributed by atoms with Crippen LogP contribution < -0.4 is 0 Å². The Bertz CT molecular complexity index is 838. The summed E-state index contributed by atoms with van der Waals surface area (Å²) in [4.78, 5) is 28.7. The summed E-state index contributed by atoms with van der Waals surface area (Å²) in [6, 6.07) is 11.5. The molecule has 2 aromatic heterocycles. The number of para-hydroxylation sites is 1. The Balaban J connectivity index is 1.41. The van der Waals surface area contributed by atoms with Crippen molar-refractivity contribution >= 4 is 60.6 Å². The lowest BCUT2D eigenvalue weighted by molar-refractivity contribution is -0.142. The fraction of sp³-hybridized carbons (Fsp3) is 0.235. The molecule has 0 unspecified atom stereocenters. The Morgan fingerprint density at radius 3 is 2.71 bits per heavy atom. The van der Waals surface area contributed by atoms with E-state index in [4.69, 9.17) is 4.74 Å². The fourth-order valence-corrected chi connectivity index (χ4v) is 4.48. The van der Waals surface area contributed by atoms with E-state index in [1.807, 2.05) is 24.3 Å². The summed E-state index contributed by atoms with van der Waals surface area (Å²) in [6.45, 7) is -0.201. The third kappa shape index (κ3) is 4.49. The number of halogens is 1. The summed E-state index contributed by atoms with van der Waals surface area (Å²) in [5.41, 5.74) is 0.993. The van der Waals surface area contributed by atoms with Gasteiger partial charge in [-0.2, -0.15) is 0 Å². The van der Waals surface area contributed by atoms with Crippen LogP contribution in [0.4, 0.5) is 0 Å². The number of hydrogen-bond acceptors (Lipinski definition) is 6. The zero-order chi connectivity index (χ0) is 16.9. The van der Waals surface area contributed by atoms with Crippen LogP contribution in [0.25, 0.3) is 10.2 Å². The molecule has 0 aliphatic heterocycles. The smallest absolute Gasteiger partial charge is 0.306 e. The Hall–Kier alpha value is -1.57. The van der Waals surface area contributed by atoms with E-state index in [1.165, 1.54) is 11.3 Å². The van der Waals surface area contributed by atoms with Crippen molar-refractivity contribution in [1.82, 2.24) is 4.98 Å². The number of esters is 1. The van der Waals surface area contributed by atoms with E-state index in [-0.39, 0.29) is 24.8 Å². The number of ether oxygens (including phenoxy) is 1. The highest BCUT2D eigenvalue weighted by Gasteiger charge is 2.12. The molecule has 4 nitrogen and oxygen atoms in total. The fourth-order valence-electron chi connectivity index (χ4n) is 2.16. The molecule has 0 aliphatic rings. The maximum absolute atomic E-state index is 11.9. The van der Waals surface area contributed by atoms with Gasteiger partial charge in [-0.1, -0.05) is 12.1 Å². The van der Waals surface area contributed by atoms with Crippen LogP contribution in [0.15, 0.2) is 40.2 Å². The highest BCUT2D eigenvalue weighted by atomic mass is 79.9. The first kappa shape index (κ1) is 17.3. The zero-order valence-electron chi connectivity index (χ0n) is 12.7. The predicted molar refractivity (Wildman–Crippen MR) is 99.9 cm³/mol. The number of aryl methyl sites for hydroxylation is 1. The largest absolute Gasteiger partial charge is 0.457 e. The van der Waals surface area contributed by atoms with Gasteiger partial charge in [0.15, 0.2) is 6.61 Å². The number of carbonyl (C=O) groups excluding carboxylic acids is 2. The summed E-state index contributed by atoms with van der Waals surface area (Å²) in [5, 5.41) is 1.02. The molecule has 0 amide bonds. The van der Waals surface area contributed by atoms with Crippen LogP contribution in [0.5, 0.6) is 0 Å². The van der Waals surface area contributed by atoms with Crippen molar-refractivity contribution in [3.63, 3.8) is 0 Å². The number of carbonyl (C=O) groups is 2. The number of aromatic nitrogens is 1. The van der Waals surface area contributed by atoms with Crippen LogP contribution in [0.2, 0.25) is 0 Å². The highest BCUT2D eigenvalue weighted by Crippen LogP contribution is 2.23. The van der Waals surface area contributed by atoms with Gasteiger partial charge >= 0.3 is 5.97 Å². The lowest BCUT2D eigenvalue weighted by Crippen LogP contribution is -2.13. The maximum atomic E-state index is 11.9. The second-order valence-electron chi connectivity index (χ2n) is 5.12. The Morgan fingerprint density at radius 1 is 1.12 bits per heavy atom. The lowest BCUT2D eigenvalue weighted by atomic mass is 10.2. The van der Waals surface area contributed by atoms with Gasteiger partial charge in [-0.15, -0.1) is 22.7 Å². The molecule has 0 saturated carbocycles. The van der Waals surface area contributed by atoms with E-state index in [1.54, 1.807) is 23.5 Å². The van der Waals surface area contributed by atoms with Gasteiger partial charge < -0.3 is 4.74 Å². The molecule has 24 heavy (non-hydrogen) atoms.